The fraction of sp³-hybridized carbons (Fsp3) is 0.462. The Hall–Kier alpha value is -1.43. The Bertz CT molecular complexity index is 521. The van der Waals surface area contributed by atoms with E-state index in [0.29, 0.717) is 11.1 Å². The highest BCUT2D eigenvalue weighted by atomic mass is 79.9. The molecule has 1 amide bonds. The highest BCUT2D eigenvalue weighted by Gasteiger charge is 2.37. The number of alkyl halides is 1. The normalized spacial score (nSPS) is 16.5. The molecule has 0 bridgehead atoms. The molecule has 0 aliphatic heterocycles. The third kappa shape index (κ3) is 2.78. The number of hydrogen-bond donors (Lipinski definition) is 1. The number of nitro groups is 1. The van der Waals surface area contributed by atoms with Crippen LogP contribution in [-0.2, 0) is 0 Å². The van der Waals surface area contributed by atoms with Crippen molar-refractivity contribution in [3.8, 4) is 0 Å². The standard InChI is InChI=1S/C13H15BrN2O3/c1-9-7-10(3-4-11(9)16(18)19)12(17)15-13(8-14)5-2-6-13/h3-4,7H,2,5-6,8H2,1H3,(H,15,17). The van der Waals surface area contributed by atoms with Gasteiger partial charge in [-0.2, -0.15) is 0 Å². The van der Waals surface area contributed by atoms with Crippen LogP contribution >= 0.6 is 15.9 Å². The maximum atomic E-state index is 12.1. The molecule has 1 aliphatic rings. The quantitative estimate of drug-likeness (QED) is 0.525. The lowest BCUT2D eigenvalue weighted by Crippen LogP contribution is -2.54. The molecule has 2 rings (SSSR count). The molecule has 0 radical (unpaired) electrons. The minimum Gasteiger partial charge on any atom is -0.346 e. The van der Waals surface area contributed by atoms with E-state index in [1.807, 2.05) is 0 Å². The first-order chi connectivity index (χ1) is 8.97. The lowest BCUT2D eigenvalue weighted by Gasteiger charge is -2.41. The van der Waals surface area contributed by atoms with E-state index in [1.54, 1.807) is 13.0 Å². The Balaban J connectivity index is 2.16. The Kier molecular flexibility index (Phi) is 3.89. The van der Waals surface area contributed by atoms with Gasteiger partial charge >= 0.3 is 0 Å². The molecule has 1 N–H and O–H groups in total. The van der Waals surface area contributed by atoms with Gasteiger partial charge in [0.05, 0.1) is 10.5 Å². The summed E-state index contributed by atoms with van der Waals surface area (Å²) >= 11 is 3.43. The van der Waals surface area contributed by atoms with Crippen LogP contribution in [0.15, 0.2) is 18.2 Å². The van der Waals surface area contributed by atoms with Crippen LogP contribution in [0.1, 0.15) is 35.2 Å². The minimum atomic E-state index is -0.442. The molecule has 0 aromatic heterocycles. The molecule has 0 atom stereocenters. The molecule has 0 spiro atoms. The van der Waals surface area contributed by atoms with Crippen molar-refractivity contribution >= 4 is 27.5 Å². The highest BCUT2D eigenvalue weighted by Crippen LogP contribution is 2.33. The van der Waals surface area contributed by atoms with E-state index < -0.39 is 4.92 Å². The zero-order valence-electron chi connectivity index (χ0n) is 10.6. The molecule has 6 heteroatoms. The number of nitrogens with one attached hydrogen (secondary N) is 1. The summed E-state index contributed by atoms with van der Waals surface area (Å²) in [6.45, 7) is 1.64. The number of carbonyl (C=O) groups is 1. The molecule has 1 aliphatic carbocycles. The second-order valence-electron chi connectivity index (χ2n) is 4.98. The van der Waals surface area contributed by atoms with Crippen LogP contribution in [0.4, 0.5) is 5.69 Å². The van der Waals surface area contributed by atoms with Gasteiger partial charge < -0.3 is 5.32 Å². The van der Waals surface area contributed by atoms with Gasteiger partial charge in [-0.15, -0.1) is 0 Å². The average Bonchev–Trinajstić information content (AvgIpc) is 2.33. The number of halogens is 1. The molecule has 0 unspecified atom stereocenters. The van der Waals surface area contributed by atoms with Gasteiger partial charge in [-0.25, -0.2) is 0 Å². The summed E-state index contributed by atoms with van der Waals surface area (Å²) in [5.41, 5.74) is 0.858. The van der Waals surface area contributed by atoms with Crippen molar-refractivity contribution < 1.29 is 9.72 Å². The average molecular weight is 327 g/mol. The smallest absolute Gasteiger partial charge is 0.272 e. The molecule has 1 aromatic rings. The maximum absolute atomic E-state index is 12.1. The number of amides is 1. The van der Waals surface area contributed by atoms with Crippen LogP contribution < -0.4 is 5.32 Å². The van der Waals surface area contributed by atoms with Gasteiger partial charge in [0.25, 0.3) is 11.6 Å². The highest BCUT2D eigenvalue weighted by molar-refractivity contribution is 9.09. The van der Waals surface area contributed by atoms with Gasteiger partial charge in [-0.1, -0.05) is 15.9 Å². The molecular formula is C13H15BrN2O3. The third-order valence-electron chi connectivity index (χ3n) is 3.60. The number of hydrogen-bond acceptors (Lipinski definition) is 3. The Morgan fingerprint density at radius 3 is 2.63 bits per heavy atom. The van der Waals surface area contributed by atoms with Crippen molar-refractivity contribution in [2.45, 2.75) is 31.7 Å². The second-order valence-corrected chi connectivity index (χ2v) is 5.54. The van der Waals surface area contributed by atoms with Crippen molar-refractivity contribution in [3.05, 3.63) is 39.4 Å². The fourth-order valence-electron chi connectivity index (χ4n) is 2.21. The van der Waals surface area contributed by atoms with Crippen molar-refractivity contribution in [2.24, 2.45) is 0 Å². The fourth-order valence-corrected chi connectivity index (χ4v) is 2.91. The van der Waals surface area contributed by atoms with Gasteiger partial charge in [0.1, 0.15) is 0 Å². The molecule has 0 heterocycles. The molecular weight excluding hydrogens is 312 g/mol. The van der Waals surface area contributed by atoms with Crippen LogP contribution in [0.25, 0.3) is 0 Å². The summed E-state index contributed by atoms with van der Waals surface area (Å²) in [5, 5.41) is 14.5. The maximum Gasteiger partial charge on any atom is 0.272 e. The van der Waals surface area contributed by atoms with E-state index in [-0.39, 0.29) is 17.1 Å². The Morgan fingerprint density at radius 2 is 2.21 bits per heavy atom. The summed E-state index contributed by atoms with van der Waals surface area (Å²) in [5.74, 6) is -0.169. The molecule has 1 aromatic carbocycles. The van der Waals surface area contributed by atoms with Crippen LogP contribution in [-0.4, -0.2) is 21.7 Å². The first-order valence-corrected chi connectivity index (χ1v) is 7.23. The number of benzene rings is 1. The lowest BCUT2D eigenvalue weighted by atomic mass is 9.78. The molecule has 5 nitrogen and oxygen atoms in total. The predicted molar refractivity (Wildman–Crippen MR) is 75.7 cm³/mol. The van der Waals surface area contributed by atoms with Gasteiger partial charge in [0.15, 0.2) is 0 Å². The Morgan fingerprint density at radius 1 is 1.53 bits per heavy atom. The number of aryl methyl sites for hydroxylation is 1. The largest absolute Gasteiger partial charge is 0.346 e. The van der Waals surface area contributed by atoms with Crippen molar-refractivity contribution in [1.29, 1.82) is 0 Å². The van der Waals surface area contributed by atoms with E-state index in [1.165, 1.54) is 12.1 Å². The third-order valence-corrected chi connectivity index (χ3v) is 4.67. The monoisotopic (exact) mass is 326 g/mol. The molecule has 19 heavy (non-hydrogen) atoms. The van der Waals surface area contributed by atoms with Crippen LogP contribution in [0.3, 0.4) is 0 Å². The number of nitro benzene ring substituents is 1. The summed E-state index contributed by atoms with van der Waals surface area (Å²) in [7, 11) is 0. The second kappa shape index (κ2) is 5.28. The van der Waals surface area contributed by atoms with Gasteiger partial charge in [0.2, 0.25) is 0 Å². The van der Waals surface area contributed by atoms with E-state index >= 15 is 0 Å². The zero-order valence-corrected chi connectivity index (χ0v) is 12.2. The number of nitrogens with zero attached hydrogens (tertiary/aromatic N) is 1. The van der Waals surface area contributed by atoms with Crippen LogP contribution in [0.5, 0.6) is 0 Å². The lowest BCUT2D eigenvalue weighted by molar-refractivity contribution is -0.385. The topological polar surface area (TPSA) is 72.2 Å². The van der Waals surface area contributed by atoms with Crippen LogP contribution in [0, 0.1) is 17.0 Å². The van der Waals surface area contributed by atoms with Crippen molar-refractivity contribution in [3.63, 3.8) is 0 Å². The first kappa shape index (κ1) is 14.0. The number of carbonyl (C=O) groups excluding carboxylic acids is 1. The van der Waals surface area contributed by atoms with Gasteiger partial charge in [-0.05, 0) is 38.3 Å². The van der Waals surface area contributed by atoms with E-state index in [4.69, 9.17) is 0 Å². The SMILES string of the molecule is Cc1cc(C(=O)NC2(CBr)CCC2)ccc1[N+](=O)[O-]. The molecule has 1 fully saturated rings. The van der Waals surface area contributed by atoms with Gasteiger partial charge in [-0.3, -0.25) is 14.9 Å². The minimum absolute atomic E-state index is 0.0374. The summed E-state index contributed by atoms with van der Waals surface area (Å²) < 4.78 is 0. The van der Waals surface area contributed by atoms with E-state index in [0.717, 1.165) is 24.6 Å². The zero-order chi connectivity index (χ0) is 14.0. The molecule has 0 saturated heterocycles. The summed E-state index contributed by atoms with van der Waals surface area (Å²) in [6, 6.07) is 4.45. The molecule has 1 saturated carbocycles. The van der Waals surface area contributed by atoms with E-state index in [9.17, 15) is 14.9 Å². The van der Waals surface area contributed by atoms with Crippen molar-refractivity contribution in [1.82, 2.24) is 5.32 Å². The van der Waals surface area contributed by atoms with Gasteiger partial charge in [0, 0.05) is 22.5 Å². The van der Waals surface area contributed by atoms with Crippen molar-refractivity contribution in [2.75, 3.05) is 5.33 Å². The molecule has 102 valence electrons. The Labute approximate surface area is 119 Å². The van der Waals surface area contributed by atoms with E-state index in [2.05, 4.69) is 21.2 Å². The summed E-state index contributed by atoms with van der Waals surface area (Å²) in [4.78, 5) is 22.4. The van der Waals surface area contributed by atoms with Crippen LogP contribution in [0.2, 0.25) is 0 Å². The summed E-state index contributed by atoms with van der Waals surface area (Å²) in [6.07, 6.45) is 3.05. The predicted octanol–water partition coefficient (Wildman–Crippen LogP) is 2.95. The first-order valence-electron chi connectivity index (χ1n) is 6.11. The number of rotatable bonds is 4.